The maximum atomic E-state index is 12.8. The van der Waals surface area contributed by atoms with Crippen LogP contribution < -0.4 is 14.8 Å². The third-order valence-corrected chi connectivity index (χ3v) is 6.02. The van der Waals surface area contributed by atoms with E-state index in [0.29, 0.717) is 46.1 Å². The maximum absolute atomic E-state index is 12.8. The van der Waals surface area contributed by atoms with Crippen LogP contribution in [-0.2, 0) is 13.2 Å². The summed E-state index contributed by atoms with van der Waals surface area (Å²) in [5, 5.41) is 8.42. The van der Waals surface area contributed by atoms with Crippen LogP contribution >= 0.6 is 34.8 Å². The van der Waals surface area contributed by atoms with Crippen LogP contribution in [0.2, 0.25) is 15.1 Å². The van der Waals surface area contributed by atoms with Crippen LogP contribution in [0.3, 0.4) is 0 Å². The van der Waals surface area contributed by atoms with E-state index in [2.05, 4.69) is 10.4 Å². The monoisotopic (exact) mass is 529 g/mol. The summed E-state index contributed by atoms with van der Waals surface area (Å²) < 4.78 is 12.9. The predicted octanol–water partition coefficient (Wildman–Crippen LogP) is 7.12. The molecule has 35 heavy (non-hydrogen) atoms. The lowest BCUT2D eigenvalue weighted by Gasteiger charge is -2.09. The number of hydrogen-bond acceptors (Lipinski definition) is 4. The van der Waals surface area contributed by atoms with Crippen molar-refractivity contribution in [2.75, 3.05) is 11.9 Å². The van der Waals surface area contributed by atoms with E-state index in [9.17, 15) is 4.79 Å². The largest absolute Gasteiger partial charge is 0.494 e. The van der Waals surface area contributed by atoms with Crippen LogP contribution in [-0.4, -0.2) is 22.3 Å². The topological polar surface area (TPSA) is 65.4 Å². The zero-order chi connectivity index (χ0) is 24.8. The van der Waals surface area contributed by atoms with Crippen molar-refractivity contribution in [1.82, 2.24) is 9.78 Å². The fourth-order valence-electron chi connectivity index (χ4n) is 3.34. The molecule has 0 aliphatic rings. The second kappa shape index (κ2) is 11.5. The van der Waals surface area contributed by atoms with E-state index in [4.69, 9.17) is 44.3 Å². The highest BCUT2D eigenvalue weighted by Crippen LogP contribution is 2.25. The summed E-state index contributed by atoms with van der Waals surface area (Å²) in [6.07, 6.45) is 1.64. The summed E-state index contributed by atoms with van der Waals surface area (Å²) in [5.41, 5.74) is 2.22. The van der Waals surface area contributed by atoms with Crippen molar-refractivity contribution in [2.45, 2.75) is 20.1 Å². The number of carbonyl (C=O) groups is 1. The highest BCUT2D eigenvalue weighted by Gasteiger charge is 2.13. The number of benzene rings is 3. The molecular formula is C26H22Cl3N3O3. The Morgan fingerprint density at radius 3 is 2.34 bits per heavy atom. The summed E-state index contributed by atoms with van der Waals surface area (Å²) >= 11 is 18.4. The van der Waals surface area contributed by atoms with Gasteiger partial charge in [-0.2, -0.15) is 5.10 Å². The van der Waals surface area contributed by atoms with Gasteiger partial charge in [-0.25, -0.2) is 0 Å². The molecule has 1 heterocycles. The minimum absolute atomic E-state index is 0.271. The highest BCUT2D eigenvalue weighted by molar-refractivity contribution is 6.42. The second-order valence-corrected chi connectivity index (χ2v) is 8.84. The third kappa shape index (κ3) is 6.69. The van der Waals surface area contributed by atoms with Gasteiger partial charge in [0.05, 0.1) is 23.2 Å². The summed E-state index contributed by atoms with van der Waals surface area (Å²) in [6, 6.07) is 19.9. The molecule has 0 aliphatic carbocycles. The van der Waals surface area contributed by atoms with Crippen molar-refractivity contribution in [1.29, 1.82) is 0 Å². The average Bonchev–Trinajstić information content (AvgIpc) is 3.19. The van der Waals surface area contributed by atoms with Gasteiger partial charge in [0, 0.05) is 11.8 Å². The van der Waals surface area contributed by atoms with Crippen LogP contribution in [0.1, 0.15) is 28.4 Å². The molecule has 0 aliphatic heterocycles. The number of carbonyl (C=O) groups excluding carboxylic acids is 1. The van der Waals surface area contributed by atoms with Gasteiger partial charge in [0.25, 0.3) is 5.91 Å². The molecule has 0 bridgehead atoms. The van der Waals surface area contributed by atoms with Gasteiger partial charge in [-0.3, -0.25) is 9.48 Å². The van der Waals surface area contributed by atoms with Crippen LogP contribution in [0.25, 0.3) is 0 Å². The first kappa shape index (κ1) is 24.9. The Morgan fingerprint density at radius 2 is 1.63 bits per heavy atom. The Labute approximate surface area is 218 Å². The molecule has 3 aromatic carbocycles. The smallest absolute Gasteiger partial charge is 0.256 e. The first-order chi connectivity index (χ1) is 16.9. The second-order valence-electron chi connectivity index (χ2n) is 7.62. The fraction of sp³-hybridized carbons (Fsp3) is 0.154. The first-order valence-corrected chi connectivity index (χ1v) is 12.0. The zero-order valence-electron chi connectivity index (χ0n) is 18.8. The van der Waals surface area contributed by atoms with Gasteiger partial charge in [0.1, 0.15) is 23.1 Å². The summed E-state index contributed by atoms with van der Waals surface area (Å²) in [4.78, 5) is 12.8. The number of nitrogens with one attached hydrogen (secondary N) is 1. The highest BCUT2D eigenvalue weighted by atomic mass is 35.5. The van der Waals surface area contributed by atoms with E-state index >= 15 is 0 Å². The van der Waals surface area contributed by atoms with E-state index in [1.54, 1.807) is 41.2 Å². The Morgan fingerprint density at radius 1 is 0.886 bits per heavy atom. The van der Waals surface area contributed by atoms with Crippen molar-refractivity contribution < 1.29 is 14.3 Å². The molecular weight excluding hydrogens is 509 g/mol. The quantitative estimate of drug-likeness (QED) is 0.250. The van der Waals surface area contributed by atoms with Crippen molar-refractivity contribution in [2.24, 2.45) is 0 Å². The van der Waals surface area contributed by atoms with Crippen LogP contribution in [0.5, 0.6) is 11.5 Å². The molecule has 1 amide bonds. The third-order valence-electron chi connectivity index (χ3n) is 5.01. The number of rotatable bonds is 9. The molecule has 1 aromatic heterocycles. The molecule has 4 rings (SSSR count). The Kier molecular flexibility index (Phi) is 8.18. The van der Waals surface area contributed by atoms with Gasteiger partial charge in [-0.15, -0.1) is 0 Å². The van der Waals surface area contributed by atoms with E-state index in [-0.39, 0.29) is 11.7 Å². The van der Waals surface area contributed by atoms with Crippen molar-refractivity contribution in [3.05, 3.63) is 105 Å². The lowest BCUT2D eigenvalue weighted by Crippen LogP contribution is -2.13. The molecule has 0 saturated heterocycles. The molecule has 0 spiro atoms. The molecule has 0 atom stereocenters. The Balaban J connectivity index is 1.38. The number of aromatic nitrogens is 2. The van der Waals surface area contributed by atoms with Crippen molar-refractivity contribution in [3.63, 3.8) is 0 Å². The lowest BCUT2D eigenvalue weighted by atomic mass is 10.1. The summed E-state index contributed by atoms with van der Waals surface area (Å²) in [5.74, 6) is 1.45. The molecule has 6 nitrogen and oxygen atoms in total. The molecule has 180 valence electrons. The normalized spacial score (nSPS) is 10.7. The molecule has 0 unspecified atom stereocenters. The molecule has 0 fully saturated rings. The molecule has 1 N–H and O–H groups in total. The number of halogens is 3. The van der Waals surface area contributed by atoms with E-state index in [1.807, 2.05) is 43.3 Å². The van der Waals surface area contributed by atoms with Crippen molar-refractivity contribution in [3.8, 4) is 11.5 Å². The number of ether oxygens (including phenoxy) is 2. The predicted molar refractivity (Wildman–Crippen MR) is 139 cm³/mol. The van der Waals surface area contributed by atoms with E-state index < -0.39 is 0 Å². The van der Waals surface area contributed by atoms with Gasteiger partial charge < -0.3 is 14.8 Å². The number of anilines is 1. The molecule has 0 radical (unpaired) electrons. The van der Waals surface area contributed by atoms with Gasteiger partial charge in [-0.1, -0.05) is 53.0 Å². The number of nitrogens with zero attached hydrogens (tertiary/aromatic N) is 2. The Hall–Kier alpha value is -3.19. The van der Waals surface area contributed by atoms with Gasteiger partial charge >= 0.3 is 0 Å². The summed E-state index contributed by atoms with van der Waals surface area (Å²) in [7, 11) is 0. The Bertz CT molecular complexity index is 1320. The van der Waals surface area contributed by atoms with E-state index in [0.717, 1.165) is 16.9 Å². The van der Waals surface area contributed by atoms with E-state index in [1.165, 1.54) is 0 Å². The molecule has 0 saturated carbocycles. The molecule has 9 heteroatoms. The van der Waals surface area contributed by atoms with Crippen LogP contribution in [0.15, 0.2) is 72.9 Å². The number of hydrogen-bond donors (Lipinski definition) is 1. The maximum Gasteiger partial charge on any atom is 0.256 e. The number of amides is 1. The molecule has 4 aromatic rings. The SMILES string of the molecule is CCOc1ccc(OCc2cccc(C(=O)Nc3nn(Cc4ccc(Cl)c(Cl)c4)cc3Cl)c2)cc1. The first-order valence-electron chi connectivity index (χ1n) is 10.8. The minimum atomic E-state index is -0.324. The zero-order valence-corrected chi connectivity index (χ0v) is 21.1. The van der Waals surface area contributed by atoms with Gasteiger partial charge in [0.2, 0.25) is 0 Å². The lowest BCUT2D eigenvalue weighted by molar-refractivity contribution is 0.102. The average molecular weight is 531 g/mol. The van der Waals surface area contributed by atoms with Gasteiger partial charge in [-0.05, 0) is 66.6 Å². The standard InChI is InChI=1S/C26H22Cl3N3O3/c1-2-34-20-7-9-21(10-8-20)35-16-18-4-3-5-19(12-18)26(33)30-25-24(29)15-32(31-25)14-17-6-11-22(27)23(28)13-17/h3-13,15H,2,14,16H2,1H3,(H,30,31,33). The van der Waals surface area contributed by atoms with Crippen LogP contribution in [0.4, 0.5) is 5.82 Å². The minimum Gasteiger partial charge on any atom is -0.494 e. The van der Waals surface area contributed by atoms with Crippen molar-refractivity contribution >= 4 is 46.5 Å². The van der Waals surface area contributed by atoms with Gasteiger partial charge in [0.15, 0.2) is 5.82 Å². The fourth-order valence-corrected chi connectivity index (χ4v) is 3.85. The van der Waals surface area contributed by atoms with Crippen LogP contribution in [0, 0.1) is 0 Å². The summed E-state index contributed by atoms with van der Waals surface area (Å²) in [6.45, 7) is 3.28.